The molecule has 0 saturated heterocycles. The average molecular weight is 463 g/mol. The van der Waals surface area contributed by atoms with Gasteiger partial charge in [-0.15, -0.1) is 0 Å². The van der Waals surface area contributed by atoms with Crippen LogP contribution in [0.1, 0.15) is 43.7 Å². The predicted molar refractivity (Wildman–Crippen MR) is 111 cm³/mol. The Morgan fingerprint density at radius 2 is 1.76 bits per heavy atom. The summed E-state index contributed by atoms with van der Waals surface area (Å²) in [5, 5.41) is 9.56. The van der Waals surface area contributed by atoms with Gasteiger partial charge in [0.15, 0.2) is 0 Å². The van der Waals surface area contributed by atoms with Gasteiger partial charge in [0.25, 0.3) is 0 Å². The van der Waals surface area contributed by atoms with Gasteiger partial charge in [0, 0.05) is 14.5 Å². The molecule has 2 nitrogen and oxygen atoms in total. The molecule has 2 aromatic rings. The molecule has 0 aliphatic rings. The Balaban J connectivity index is 2.22. The lowest BCUT2D eigenvalue weighted by atomic mass is 10.0. The van der Waals surface area contributed by atoms with Crippen LogP contribution in [0.15, 0.2) is 51.4 Å². The molecule has 0 amide bonds. The second-order valence-corrected chi connectivity index (χ2v) is 7.60. The van der Waals surface area contributed by atoms with Gasteiger partial charge < -0.3 is 4.74 Å². The highest BCUT2D eigenvalue weighted by Crippen LogP contribution is 2.28. The van der Waals surface area contributed by atoms with Crippen molar-refractivity contribution in [2.24, 2.45) is 0 Å². The first-order valence-corrected chi connectivity index (χ1v) is 10.0. The predicted octanol–water partition coefficient (Wildman–Crippen LogP) is 7.23. The van der Waals surface area contributed by atoms with Crippen molar-refractivity contribution in [1.82, 2.24) is 0 Å². The Morgan fingerprint density at radius 3 is 2.44 bits per heavy atom. The van der Waals surface area contributed by atoms with Gasteiger partial charge in [-0.25, -0.2) is 0 Å². The Bertz CT molecular complexity index is 760. The number of nitrogens with zero attached hydrogens (tertiary/aromatic N) is 1. The van der Waals surface area contributed by atoms with E-state index in [1.165, 1.54) is 19.3 Å². The minimum absolute atomic E-state index is 0.612. The standard InChI is InChI=1S/C21H21Br2NO/c1-2-3-4-5-12-25-21-11-10-20(23)14-17(21)13-18(15-24)16-6-8-19(22)9-7-16/h6-11,13-14H,2-5,12H2,1H3/b18-13+. The molecule has 4 heteroatoms. The molecule has 25 heavy (non-hydrogen) atoms. The number of rotatable bonds is 8. The number of halogens is 2. The van der Waals surface area contributed by atoms with Crippen molar-refractivity contribution >= 4 is 43.5 Å². The van der Waals surface area contributed by atoms with Crippen molar-refractivity contribution in [1.29, 1.82) is 5.26 Å². The SMILES string of the molecule is CCCCCCOc1ccc(Br)cc1/C=C(\C#N)c1ccc(Br)cc1. The number of nitriles is 1. The van der Waals surface area contributed by atoms with Gasteiger partial charge in [-0.3, -0.25) is 0 Å². The second kappa shape index (κ2) is 10.4. The third-order valence-corrected chi connectivity index (χ3v) is 4.82. The molecule has 130 valence electrons. The molecule has 2 aromatic carbocycles. The summed E-state index contributed by atoms with van der Waals surface area (Å²) in [7, 11) is 0. The molecule has 2 rings (SSSR count). The van der Waals surface area contributed by atoms with Gasteiger partial charge in [0.2, 0.25) is 0 Å². The van der Waals surface area contributed by atoms with E-state index in [0.717, 1.165) is 32.2 Å². The van der Waals surface area contributed by atoms with Crippen LogP contribution in [0.4, 0.5) is 0 Å². The van der Waals surface area contributed by atoms with Crippen LogP contribution in [0.2, 0.25) is 0 Å². The zero-order valence-electron chi connectivity index (χ0n) is 14.3. The van der Waals surface area contributed by atoms with Crippen LogP contribution in [0.3, 0.4) is 0 Å². The molecule has 0 fully saturated rings. The lowest BCUT2D eigenvalue weighted by molar-refractivity contribution is 0.304. The molecule has 0 aromatic heterocycles. The average Bonchev–Trinajstić information content (AvgIpc) is 2.62. The van der Waals surface area contributed by atoms with Gasteiger partial charge >= 0.3 is 0 Å². The van der Waals surface area contributed by atoms with Gasteiger partial charge in [0.05, 0.1) is 18.2 Å². The highest BCUT2D eigenvalue weighted by molar-refractivity contribution is 9.10. The van der Waals surface area contributed by atoms with Crippen molar-refractivity contribution < 1.29 is 4.74 Å². The van der Waals surface area contributed by atoms with Crippen LogP contribution in [0, 0.1) is 11.3 Å². The van der Waals surface area contributed by atoms with Crippen molar-refractivity contribution in [3.8, 4) is 11.8 Å². The Kier molecular flexibility index (Phi) is 8.24. The Morgan fingerprint density at radius 1 is 1.04 bits per heavy atom. The number of hydrogen-bond donors (Lipinski definition) is 0. The van der Waals surface area contributed by atoms with Gasteiger partial charge in [-0.1, -0.05) is 70.2 Å². The van der Waals surface area contributed by atoms with Gasteiger partial charge in [0.1, 0.15) is 5.75 Å². The molecular formula is C21H21Br2NO. The van der Waals surface area contributed by atoms with Crippen LogP contribution in [-0.2, 0) is 0 Å². The largest absolute Gasteiger partial charge is 0.493 e. The summed E-state index contributed by atoms with van der Waals surface area (Å²) >= 11 is 6.92. The summed E-state index contributed by atoms with van der Waals surface area (Å²) in [6.07, 6.45) is 6.56. The highest BCUT2D eigenvalue weighted by atomic mass is 79.9. The lowest BCUT2D eigenvalue weighted by Gasteiger charge is -2.10. The highest BCUT2D eigenvalue weighted by Gasteiger charge is 2.07. The van der Waals surface area contributed by atoms with Crippen molar-refractivity contribution in [2.75, 3.05) is 6.61 Å². The molecule has 0 spiro atoms. The first-order chi connectivity index (χ1) is 12.1. The molecular weight excluding hydrogens is 442 g/mol. The summed E-state index contributed by atoms with van der Waals surface area (Å²) in [5.41, 5.74) is 2.41. The maximum absolute atomic E-state index is 9.56. The van der Waals surface area contributed by atoms with Crippen LogP contribution in [-0.4, -0.2) is 6.61 Å². The third-order valence-electron chi connectivity index (χ3n) is 3.80. The maximum Gasteiger partial charge on any atom is 0.126 e. The van der Waals surface area contributed by atoms with E-state index in [4.69, 9.17) is 4.74 Å². The van der Waals surface area contributed by atoms with E-state index in [0.29, 0.717) is 12.2 Å². The van der Waals surface area contributed by atoms with Crippen LogP contribution in [0.25, 0.3) is 11.6 Å². The number of hydrogen-bond acceptors (Lipinski definition) is 2. The van der Waals surface area contributed by atoms with Crippen LogP contribution >= 0.6 is 31.9 Å². The van der Waals surface area contributed by atoms with E-state index in [-0.39, 0.29) is 0 Å². The Labute approximate surface area is 166 Å². The van der Waals surface area contributed by atoms with E-state index in [1.807, 2.05) is 48.5 Å². The van der Waals surface area contributed by atoms with Crippen LogP contribution < -0.4 is 4.74 Å². The molecule has 0 bridgehead atoms. The monoisotopic (exact) mass is 461 g/mol. The fourth-order valence-electron chi connectivity index (χ4n) is 2.44. The molecule has 0 heterocycles. The zero-order chi connectivity index (χ0) is 18.1. The topological polar surface area (TPSA) is 33.0 Å². The summed E-state index contributed by atoms with van der Waals surface area (Å²) < 4.78 is 7.91. The van der Waals surface area contributed by atoms with E-state index < -0.39 is 0 Å². The molecule has 0 saturated carbocycles. The van der Waals surface area contributed by atoms with E-state index in [2.05, 4.69) is 44.9 Å². The van der Waals surface area contributed by atoms with Crippen molar-refractivity contribution in [2.45, 2.75) is 32.6 Å². The fourth-order valence-corrected chi connectivity index (χ4v) is 3.08. The lowest BCUT2D eigenvalue weighted by Crippen LogP contribution is -1.99. The number of unbranched alkanes of at least 4 members (excludes halogenated alkanes) is 3. The first-order valence-electron chi connectivity index (χ1n) is 8.44. The van der Waals surface area contributed by atoms with E-state index in [9.17, 15) is 5.26 Å². The molecule has 0 N–H and O–H groups in total. The normalized spacial score (nSPS) is 11.2. The second-order valence-electron chi connectivity index (χ2n) is 5.77. The fraction of sp³-hybridized carbons (Fsp3) is 0.286. The number of benzene rings is 2. The third kappa shape index (κ3) is 6.34. The quantitative estimate of drug-likeness (QED) is 0.235. The molecule has 0 radical (unpaired) electrons. The molecule has 0 unspecified atom stereocenters. The molecule has 0 aliphatic heterocycles. The summed E-state index contributed by atoms with van der Waals surface area (Å²) in [4.78, 5) is 0. The summed E-state index contributed by atoms with van der Waals surface area (Å²) in [6, 6.07) is 15.9. The van der Waals surface area contributed by atoms with Crippen molar-refractivity contribution in [3.63, 3.8) is 0 Å². The maximum atomic E-state index is 9.56. The minimum atomic E-state index is 0.612. The summed E-state index contributed by atoms with van der Waals surface area (Å²) in [5.74, 6) is 0.810. The smallest absolute Gasteiger partial charge is 0.126 e. The molecule has 0 aliphatic carbocycles. The minimum Gasteiger partial charge on any atom is -0.493 e. The summed E-state index contributed by atoms with van der Waals surface area (Å²) in [6.45, 7) is 2.90. The Hall–Kier alpha value is -1.57. The number of allylic oxidation sites excluding steroid dienone is 1. The zero-order valence-corrected chi connectivity index (χ0v) is 17.4. The number of ether oxygens (including phenoxy) is 1. The van der Waals surface area contributed by atoms with E-state index >= 15 is 0 Å². The first kappa shape index (κ1) is 19.8. The van der Waals surface area contributed by atoms with E-state index in [1.54, 1.807) is 0 Å². The molecule has 0 atom stereocenters. The van der Waals surface area contributed by atoms with Gasteiger partial charge in [-0.05, 0) is 48.4 Å². The van der Waals surface area contributed by atoms with Gasteiger partial charge in [-0.2, -0.15) is 5.26 Å². The van der Waals surface area contributed by atoms with Crippen LogP contribution in [0.5, 0.6) is 5.75 Å². The van der Waals surface area contributed by atoms with Crippen molar-refractivity contribution in [3.05, 3.63) is 62.5 Å².